The maximum absolute atomic E-state index is 14.9. The van der Waals surface area contributed by atoms with Crippen LogP contribution in [0.15, 0.2) is 49.3 Å². The molecule has 16 heteroatoms. The molecule has 0 spiro atoms. The number of fused-ring (bicyclic) bond motifs is 1. The van der Waals surface area contributed by atoms with Crippen molar-refractivity contribution in [1.82, 2.24) is 24.6 Å². The Hall–Kier alpha value is -4.47. The Kier molecular flexibility index (Phi) is 13.4. The number of aromatic nitrogens is 4. The molecular formula is C38H45ClF4N6O5. The van der Waals surface area contributed by atoms with Crippen molar-refractivity contribution >= 4 is 39.9 Å². The minimum absolute atomic E-state index is 0.110. The molecule has 11 nitrogen and oxygen atoms in total. The highest BCUT2D eigenvalue weighted by atomic mass is 35.5. The van der Waals surface area contributed by atoms with Gasteiger partial charge in [0.2, 0.25) is 5.28 Å². The van der Waals surface area contributed by atoms with Crippen molar-refractivity contribution < 1.29 is 41.3 Å². The highest BCUT2D eigenvalue weighted by Gasteiger charge is 2.34. The highest BCUT2D eigenvalue weighted by Crippen LogP contribution is 2.36. The molecule has 1 atom stereocenters. The second kappa shape index (κ2) is 17.8. The summed E-state index contributed by atoms with van der Waals surface area (Å²) in [6, 6.07) is 8.06. The topological polar surface area (TPSA) is 113 Å². The van der Waals surface area contributed by atoms with Gasteiger partial charge in [-0.25, -0.2) is 23.8 Å². The van der Waals surface area contributed by atoms with Crippen molar-refractivity contribution in [1.29, 1.82) is 0 Å². The third-order valence-corrected chi connectivity index (χ3v) is 8.58. The first-order valence-corrected chi connectivity index (χ1v) is 18.1. The Bertz CT molecular complexity index is 1930. The number of amides is 1. The maximum atomic E-state index is 14.9. The van der Waals surface area contributed by atoms with Gasteiger partial charge in [-0.05, 0) is 113 Å². The Morgan fingerprint density at radius 1 is 1.15 bits per heavy atom. The van der Waals surface area contributed by atoms with Crippen molar-refractivity contribution in [3.63, 3.8) is 0 Å². The molecule has 54 heavy (non-hydrogen) atoms. The number of ether oxygens (including phenoxy) is 4. The van der Waals surface area contributed by atoms with Gasteiger partial charge < -0.3 is 29.2 Å². The van der Waals surface area contributed by atoms with Crippen LogP contribution >= 0.6 is 11.6 Å². The Morgan fingerprint density at radius 3 is 2.63 bits per heavy atom. The van der Waals surface area contributed by atoms with Gasteiger partial charge in [-0.15, -0.1) is 13.2 Å². The Balaban J connectivity index is 1.19. The average molecular weight is 777 g/mol. The van der Waals surface area contributed by atoms with Crippen LogP contribution in [0.3, 0.4) is 0 Å². The zero-order valence-corrected chi connectivity index (χ0v) is 31.5. The van der Waals surface area contributed by atoms with Crippen LogP contribution in [0.25, 0.3) is 27.7 Å². The molecule has 1 unspecified atom stereocenters. The van der Waals surface area contributed by atoms with E-state index in [1.54, 1.807) is 33.0 Å². The van der Waals surface area contributed by atoms with Gasteiger partial charge in [0, 0.05) is 61.2 Å². The fourth-order valence-electron chi connectivity index (χ4n) is 6.01. The van der Waals surface area contributed by atoms with Crippen LogP contribution in [0.4, 0.5) is 28.0 Å². The minimum atomic E-state index is -5.09. The molecule has 0 radical (unpaired) electrons. The largest absolute Gasteiger partial charge is 0.573 e. The number of nitrogens with one attached hydrogen (secondary N) is 1. The van der Waals surface area contributed by atoms with Crippen LogP contribution in [0, 0.1) is 5.82 Å². The summed E-state index contributed by atoms with van der Waals surface area (Å²) < 4.78 is 77.2. The first-order valence-electron chi connectivity index (χ1n) is 17.7. The summed E-state index contributed by atoms with van der Waals surface area (Å²) in [6.07, 6.45) is 1.60. The van der Waals surface area contributed by atoms with Crippen molar-refractivity contribution in [3.8, 4) is 17.0 Å². The summed E-state index contributed by atoms with van der Waals surface area (Å²) >= 11 is 6.11. The number of rotatable bonds is 15. The van der Waals surface area contributed by atoms with Gasteiger partial charge in [-0.2, -0.15) is 5.10 Å². The number of carbonyl (C=O) groups excluding carboxylic acids is 1. The second-order valence-electron chi connectivity index (χ2n) is 14.0. The summed E-state index contributed by atoms with van der Waals surface area (Å²) in [4.78, 5) is 22.9. The molecule has 1 amide bonds. The van der Waals surface area contributed by atoms with Crippen LogP contribution in [0.2, 0.25) is 5.28 Å². The normalized spacial score (nSPS) is 14.9. The first-order chi connectivity index (χ1) is 25.6. The molecular weight excluding hydrogens is 732 g/mol. The van der Waals surface area contributed by atoms with E-state index in [0.29, 0.717) is 44.9 Å². The Morgan fingerprint density at radius 2 is 1.94 bits per heavy atom. The third kappa shape index (κ3) is 11.3. The maximum Gasteiger partial charge on any atom is 0.573 e. The zero-order valence-electron chi connectivity index (χ0n) is 30.8. The summed E-state index contributed by atoms with van der Waals surface area (Å²) in [6.45, 7) is 12.3. The van der Waals surface area contributed by atoms with Gasteiger partial charge in [-0.3, -0.25) is 0 Å². The summed E-state index contributed by atoms with van der Waals surface area (Å²) in [5.41, 5.74) is 2.73. The SMILES string of the molecule is C=C(C)c1cc(CN(CCCCOCCNc2cc(-c3ccnc(Cl)n3)cc3c2cnn3C2CCCCO2)C(=O)OC(C)(C)C)cc(F)c1OC(F)(F)F. The number of alkyl halides is 3. The van der Waals surface area contributed by atoms with Crippen LogP contribution in [-0.4, -0.2) is 75.6 Å². The number of unbranched alkanes of at least 4 members (excludes halogenated alkanes) is 1. The quantitative estimate of drug-likeness (QED) is 0.0717. The van der Waals surface area contributed by atoms with E-state index in [2.05, 4.69) is 31.7 Å². The monoisotopic (exact) mass is 776 g/mol. The van der Waals surface area contributed by atoms with E-state index in [1.807, 2.05) is 23.0 Å². The number of allylic oxidation sites excluding steroid dienone is 1. The number of halogens is 5. The average Bonchev–Trinajstić information content (AvgIpc) is 3.53. The van der Waals surface area contributed by atoms with Crippen LogP contribution in [0.1, 0.15) is 77.2 Å². The molecule has 5 rings (SSSR count). The molecule has 1 saturated heterocycles. The Labute approximate surface area is 316 Å². The predicted molar refractivity (Wildman–Crippen MR) is 198 cm³/mol. The number of hydrogen-bond acceptors (Lipinski definition) is 9. The molecule has 4 aromatic rings. The molecule has 0 aliphatic carbocycles. The van der Waals surface area contributed by atoms with E-state index in [-0.39, 0.29) is 41.3 Å². The lowest BCUT2D eigenvalue weighted by Gasteiger charge is -2.28. The van der Waals surface area contributed by atoms with Gasteiger partial charge in [0.15, 0.2) is 17.8 Å². The molecule has 0 bridgehead atoms. The van der Waals surface area contributed by atoms with E-state index in [0.717, 1.165) is 47.5 Å². The van der Waals surface area contributed by atoms with Crippen molar-refractivity contribution in [2.45, 2.75) is 84.5 Å². The zero-order chi connectivity index (χ0) is 39.0. The number of anilines is 1. The number of benzene rings is 2. The molecule has 292 valence electrons. The number of carbonyl (C=O) groups is 1. The molecule has 2 aromatic heterocycles. The van der Waals surface area contributed by atoms with Crippen LogP contribution in [-0.2, 0) is 20.8 Å². The van der Waals surface area contributed by atoms with Crippen molar-refractivity contribution in [2.24, 2.45) is 0 Å². The second-order valence-corrected chi connectivity index (χ2v) is 14.3. The first kappa shape index (κ1) is 40.7. The van der Waals surface area contributed by atoms with Crippen LogP contribution < -0.4 is 10.1 Å². The van der Waals surface area contributed by atoms with E-state index in [1.165, 1.54) is 17.9 Å². The van der Waals surface area contributed by atoms with E-state index >= 15 is 0 Å². The smallest absolute Gasteiger partial charge is 0.444 e. The van der Waals surface area contributed by atoms with Gasteiger partial charge in [0.25, 0.3) is 0 Å². The number of hydrogen-bond donors (Lipinski definition) is 1. The third-order valence-electron chi connectivity index (χ3n) is 8.40. The van der Waals surface area contributed by atoms with Gasteiger partial charge in [0.05, 0.1) is 24.0 Å². The lowest BCUT2D eigenvalue weighted by atomic mass is 10.0. The van der Waals surface area contributed by atoms with Crippen molar-refractivity contribution in [3.05, 3.63) is 71.5 Å². The lowest BCUT2D eigenvalue weighted by Crippen LogP contribution is -2.37. The van der Waals surface area contributed by atoms with Gasteiger partial charge in [-0.1, -0.05) is 6.58 Å². The number of nitrogens with zero attached hydrogens (tertiary/aromatic N) is 5. The van der Waals surface area contributed by atoms with Gasteiger partial charge in [0.1, 0.15) is 5.60 Å². The fraction of sp³-hybridized carbons (Fsp3) is 0.474. The summed E-state index contributed by atoms with van der Waals surface area (Å²) in [5, 5.41) is 9.20. The molecule has 0 saturated carbocycles. The van der Waals surface area contributed by atoms with Crippen LogP contribution in [0.5, 0.6) is 5.75 Å². The summed E-state index contributed by atoms with van der Waals surface area (Å²) in [7, 11) is 0. The molecule has 1 aliphatic rings. The standard InChI is InChI=1S/C38H45ClF4N6O5/c1-24(2)27-18-25(19-29(40)34(27)53-38(41,42)43)23-48(36(50)54-37(3,4)5)14-7-9-15-51-17-13-44-31-20-26(30-11-12-45-35(39)47-30)21-32-28(31)22-46-49(32)33-10-6-8-16-52-33/h11-12,18-22,33,44H,1,6-10,13-17,23H2,2-5H3. The van der Waals surface area contributed by atoms with E-state index in [4.69, 9.17) is 25.8 Å². The van der Waals surface area contributed by atoms with E-state index in [9.17, 15) is 22.4 Å². The molecule has 1 N–H and O–H groups in total. The molecule has 1 fully saturated rings. The fourth-order valence-corrected chi connectivity index (χ4v) is 6.15. The molecule has 3 heterocycles. The van der Waals surface area contributed by atoms with Crippen molar-refractivity contribution in [2.75, 3.05) is 38.2 Å². The minimum Gasteiger partial charge on any atom is -0.444 e. The lowest BCUT2D eigenvalue weighted by molar-refractivity contribution is -0.275. The molecule has 1 aliphatic heterocycles. The van der Waals surface area contributed by atoms with Gasteiger partial charge >= 0.3 is 12.5 Å². The predicted octanol–water partition coefficient (Wildman–Crippen LogP) is 9.56. The summed E-state index contributed by atoms with van der Waals surface area (Å²) in [5.74, 6) is -2.18. The highest BCUT2D eigenvalue weighted by molar-refractivity contribution is 6.28. The van der Waals surface area contributed by atoms with E-state index < -0.39 is 29.6 Å². The molecule has 2 aromatic carbocycles.